The molecule has 0 bridgehead atoms. The van der Waals surface area contributed by atoms with Crippen molar-refractivity contribution in [3.8, 4) is 0 Å². The van der Waals surface area contributed by atoms with Gasteiger partial charge in [-0.2, -0.15) is 0 Å². The molecule has 1 aromatic carbocycles. The highest BCUT2D eigenvalue weighted by atomic mass is 79.9. The first-order valence-electron chi connectivity index (χ1n) is 8.63. The molecule has 142 valence electrons. The van der Waals surface area contributed by atoms with E-state index in [9.17, 15) is 9.59 Å². The maximum Gasteiger partial charge on any atom is 0.407 e. The van der Waals surface area contributed by atoms with Crippen molar-refractivity contribution in [1.82, 2.24) is 20.2 Å². The van der Waals surface area contributed by atoms with Gasteiger partial charge >= 0.3 is 6.09 Å². The van der Waals surface area contributed by atoms with Gasteiger partial charge in [0.25, 0.3) is 0 Å². The summed E-state index contributed by atoms with van der Waals surface area (Å²) in [7, 11) is 1.29. The highest BCUT2D eigenvalue weighted by molar-refractivity contribution is 9.10. The minimum Gasteiger partial charge on any atom is -0.453 e. The first-order chi connectivity index (χ1) is 12.3. The second-order valence-corrected chi connectivity index (χ2v) is 7.38. The third kappa shape index (κ3) is 4.97. The zero-order chi connectivity index (χ0) is 19.3. The molecule has 8 heteroatoms. The monoisotopic (exact) mass is 424 g/mol. The minimum absolute atomic E-state index is 0.0624. The molecule has 0 spiro atoms. The van der Waals surface area contributed by atoms with Crippen LogP contribution in [0.4, 0.5) is 4.79 Å². The largest absolute Gasteiger partial charge is 0.453 e. The van der Waals surface area contributed by atoms with Crippen LogP contribution in [0.15, 0.2) is 22.7 Å². The van der Waals surface area contributed by atoms with Crippen LogP contribution in [0.2, 0.25) is 0 Å². The number of carbonyl (C=O) groups is 2. The molecule has 0 saturated heterocycles. The average molecular weight is 425 g/mol. The lowest BCUT2D eigenvalue weighted by Crippen LogP contribution is -2.51. The molecule has 1 heterocycles. The molecule has 7 nitrogen and oxygen atoms in total. The van der Waals surface area contributed by atoms with Crippen LogP contribution >= 0.6 is 15.9 Å². The summed E-state index contributed by atoms with van der Waals surface area (Å²) in [4.78, 5) is 34.1. The lowest BCUT2D eigenvalue weighted by atomic mass is 10.0. The molecule has 0 aliphatic carbocycles. The number of H-pyrrole nitrogens is 1. The van der Waals surface area contributed by atoms with E-state index >= 15 is 0 Å². The van der Waals surface area contributed by atoms with Crippen molar-refractivity contribution in [2.45, 2.75) is 39.8 Å². The Hall–Kier alpha value is -2.09. The molecule has 26 heavy (non-hydrogen) atoms. The second-order valence-electron chi connectivity index (χ2n) is 6.46. The molecule has 0 fully saturated rings. The summed E-state index contributed by atoms with van der Waals surface area (Å²) in [5.74, 6) is 0.502. The first kappa shape index (κ1) is 20.2. The van der Waals surface area contributed by atoms with Crippen LogP contribution < -0.4 is 5.32 Å². The fraction of sp³-hybridized carbons (Fsp3) is 0.500. The molecule has 1 aromatic heterocycles. The van der Waals surface area contributed by atoms with Crippen molar-refractivity contribution in [2.75, 3.05) is 13.7 Å². The topological polar surface area (TPSA) is 87.3 Å². The van der Waals surface area contributed by atoms with E-state index in [1.807, 2.05) is 39.0 Å². The Morgan fingerprint density at radius 3 is 2.73 bits per heavy atom. The minimum atomic E-state index is -0.646. The molecule has 0 unspecified atom stereocenters. The van der Waals surface area contributed by atoms with Gasteiger partial charge in [0.1, 0.15) is 11.9 Å². The predicted octanol–water partition coefficient (Wildman–Crippen LogP) is 3.44. The summed E-state index contributed by atoms with van der Waals surface area (Å²) >= 11 is 3.44. The van der Waals surface area contributed by atoms with Gasteiger partial charge in [0.05, 0.1) is 24.7 Å². The van der Waals surface area contributed by atoms with Crippen LogP contribution in [0.3, 0.4) is 0 Å². The van der Waals surface area contributed by atoms with Gasteiger partial charge < -0.3 is 19.9 Å². The summed E-state index contributed by atoms with van der Waals surface area (Å²) in [5, 5.41) is 2.64. The number of aromatic nitrogens is 2. The van der Waals surface area contributed by atoms with Crippen LogP contribution in [0.1, 0.15) is 33.0 Å². The summed E-state index contributed by atoms with van der Waals surface area (Å²) in [6.07, 6.45) is 0.197. The van der Waals surface area contributed by atoms with Gasteiger partial charge in [0.15, 0.2) is 0 Å². The van der Waals surface area contributed by atoms with Gasteiger partial charge in [-0.1, -0.05) is 36.7 Å². The van der Waals surface area contributed by atoms with Gasteiger partial charge in [-0.05, 0) is 30.5 Å². The molecule has 2 rings (SSSR count). The van der Waals surface area contributed by atoms with Crippen LogP contribution in [0, 0.1) is 5.92 Å². The van der Waals surface area contributed by atoms with Gasteiger partial charge in [-0.3, -0.25) is 4.79 Å². The van der Waals surface area contributed by atoms with Crippen molar-refractivity contribution in [3.05, 3.63) is 28.5 Å². The van der Waals surface area contributed by atoms with Crippen molar-refractivity contribution in [3.63, 3.8) is 0 Å². The van der Waals surface area contributed by atoms with Crippen molar-refractivity contribution >= 4 is 39.0 Å². The quantitative estimate of drug-likeness (QED) is 0.712. The SMILES string of the molecule is CCCN(Cc1nc2ccc(Br)cc2[nH]1)C(=O)[C@@H](NC(=O)OC)C(C)C. The number of ether oxygens (including phenoxy) is 1. The second kappa shape index (κ2) is 9.02. The number of rotatable bonds is 7. The maximum absolute atomic E-state index is 13.0. The number of amides is 2. The first-order valence-corrected chi connectivity index (χ1v) is 9.42. The number of methoxy groups -OCH3 is 1. The molecule has 2 N–H and O–H groups in total. The number of fused-ring (bicyclic) bond motifs is 1. The van der Waals surface area contributed by atoms with Gasteiger partial charge in [-0.25, -0.2) is 9.78 Å². The number of hydrogen-bond acceptors (Lipinski definition) is 4. The van der Waals surface area contributed by atoms with Crippen molar-refractivity contribution in [2.24, 2.45) is 5.92 Å². The predicted molar refractivity (Wildman–Crippen MR) is 104 cm³/mol. The third-order valence-electron chi connectivity index (χ3n) is 4.03. The number of imidazole rings is 1. The van der Waals surface area contributed by atoms with Crippen LogP contribution in [0.5, 0.6) is 0 Å². The third-order valence-corrected chi connectivity index (χ3v) is 4.52. The number of halogens is 1. The Balaban J connectivity index is 2.21. The van der Waals surface area contributed by atoms with E-state index in [0.29, 0.717) is 18.9 Å². The summed E-state index contributed by atoms with van der Waals surface area (Å²) in [5.41, 5.74) is 1.76. The van der Waals surface area contributed by atoms with Crippen LogP contribution in [-0.2, 0) is 16.1 Å². The molecule has 0 aliphatic rings. The maximum atomic E-state index is 13.0. The number of nitrogens with zero attached hydrogens (tertiary/aromatic N) is 2. The molecule has 2 amide bonds. The molecule has 0 aliphatic heterocycles. The van der Waals surface area contributed by atoms with Crippen molar-refractivity contribution < 1.29 is 14.3 Å². The zero-order valence-electron chi connectivity index (χ0n) is 15.5. The van der Waals surface area contributed by atoms with Crippen LogP contribution in [-0.4, -0.2) is 46.6 Å². The van der Waals surface area contributed by atoms with E-state index < -0.39 is 12.1 Å². The molecule has 0 saturated carbocycles. The molecular formula is C18H25BrN4O3. The van der Waals surface area contributed by atoms with Gasteiger partial charge in [-0.15, -0.1) is 0 Å². The number of benzene rings is 1. The van der Waals surface area contributed by atoms with Gasteiger partial charge in [0.2, 0.25) is 5.91 Å². The normalized spacial score (nSPS) is 12.2. The number of hydrogen-bond donors (Lipinski definition) is 2. The molecule has 1 atom stereocenters. The van der Waals surface area contributed by atoms with E-state index in [1.54, 1.807) is 4.90 Å². The van der Waals surface area contributed by atoms with Crippen molar-refractivity contribution in [1.29, 1.82) is 0 Å². The Morgan fingerprint density at radius 2 is 2.12 bits per heavy atom. The van der Waals surface area contributed by atoms with E-state index in [0.717, 1.165) is 21.9 Å². The number of carbonyl (C=O) groups excluding carboxylic acids is 2. The highest BCUT2D eigenvalue weighted by Gasteiger charge is 2.29. The smallest absolute Gasteiger partial charge is 0.407 e. The molecular weight excluding hydrogens is 400 g/mol. The standard InChI is InChI=1S/C18H25BrN4O3/c1-5-8-23(17(24)16(11(2)3)22-18(25)26-4)10-15-20-13-7-6-12(19)9-14(13)21-15/h6-7,9,11,16H,5,8,10H2,1-4H3,(H,20,21)(H,22,25)/t16-/m0/s1. The highest BCUT2D eigenvalue weighted by Crippen LogP contribution is 2.19. The summed E-state index contributed by atoms with van der Waals surface area (Å²) < 4.78 is 5.61. The fourth-order valence-corrected chi connectivity index (χ4v) is 3.08. The Kier molecular flexibility index (Phi) is 7.02. The Labute approximate surface area is 161 Å². The summed E-state index contributed by atoms with van der Waals surface area (Å²) in [6.45, 7) is 6.72. The number of nitrogens with one attached hydrogen (secondary N) is 2. The molecule has 0 radical (unpaired) electrons. The number of alkyl carbamates (subject to hydrolysis) is 1. The summed E-state index contributed by atoms with van der Waals surface area (Å²) in [6, 6.07) is 5.15. The fourth-order valence-electron chi connectivity index (χ4n) is 2.72. The Bertz CT molecular complexity index is 775. The van der Waals surface area contributed by atoms with Crippen LogP contribution in [0.25, 0.3) is 11.0 Å². The molecule has 2 aromatic rings. The van der Waals surface area contributed by atoms with E-state index in [4.69, 9.17) is 0 Å². The van der Waals surface area contributed by atoms with E-state index in [2.05, 4.69) is 36.0 Å². The lowest BCUT2D eigenvalue weighted by Gasteiger charge is -2.28. The lowest BCUT2D eigenvalue weighted by molar-refractivity contribution is -0.135. The van der Waals surface area contributed by atoms with E-state index in [1.165, 1.54) is 7.11 Å². The average Bonchev–Trinajstić information content (AvgIpc) is 2.99. The van der Waals surface area contributed by atoms with E-state index in [-0.39, 0.29) is 11.8 Å². The number of aromatic amines is 1. The Morgan fingerprint density at radius 1 is 1.38 bits per heavy atom. The zero-order valence-corrected chi connectivity index (χ0v) is 17.1. The van der Waals surface area contributed by atoms with Gasteiger partial charge in [0, 0.05) is 11.0 Å².